The van der Waals surface area contributed by atoms with Crippen LogP contribution in [-0.2, 0) is 10.8 Å². The van der Waals surface area contributed by atoms with Crippen LogP contribution in [0.1, 0.15) is 69.7 Å². The first-order valence-corrected chi connectivity index (χ1v) is 9.31. The lowest BCUT2D eigenvalue weighted by Crippen LogP contribution is -2.34. The Morgan fingerprint density at radius 1 is 0.962 bits per heavy atom. The molecule has 0 saturated carbocycles. The minimum Gasteiger partial charge on any atom is -0.497 e. The fraction of sp³-hybridized carbons (Fsp3) is 0.417. The number of hydrogen-bond acceptors (Lipinski definition) is 1. The molecule has 0 radical (unpaired) electrons. The summed E-state index contributed by atoms with van der Waals surface area (Å²) in [6.45, 7) is 11.0. The van der Waals surface area contributed by atoms with E-state index < -0.39 is 0 Å². The van der Waals surface area contributed by atoms with Gasteiger partial charge in [0, 0.05) is 5.56 Å². The molecule has 0 bridgehead atoms. The molecule has 1 aliphatic rings. The van der Waals surface area contributed by atoms with Gasteiger partial charge in [0.1, 0.15) is 11.6 Å². The van der Waals surface area contributed by atoms with Gasteiger partial charge in [-0.2, -0.15) is 0 Å². The minimum absolute atomic E-state index is 0.0256. The predicted octanol–water partition coefficient (Wildman–Crippen LogP) is 6.74. The molecule has 0 unspecified atom stereocenters. The number of allylic oxidation sites excluding steroid dienone is 1. The van der Waals surface area contributed by atoms with Crippen LogP contribution in [0.3, 0.4) is 0 Å². The first-order valence-electron chi connectivity index (χ1n) is 9.31. The SMILES string of the molecule is COc1ccc(/C=C(\C)c2cc3c(cc2F)C(C)(C)CCC3(C)C)cc1. The Hall–Kier alpha value is -2.09. The lowest BCUT2D eigenvalue weighted by Gasteiger charge is -2.42. The zero-order valence-corrected chi connectivity index (χ0v) is 16.7. The fourth-order valence-electron chi connectivity index (χ4n) is 3.92. The van der Waals surface area contributed by atoms with Crippen molar-refractivity contribution in [2.24, 2.45) is 0 Å². The van der Waals surface area contributed by atoms with E-state index in [0.29, 0.717) is 5.56 Å². The van der Waals surface area contributed by atoms with E-state index in [2.05, 4.69) is 33.8 Å². The van der Waals surface area contributed by atoms with Crippen LogP contribution in [0.25, 0.3) is 11.6 Å². The summed E-state index contributed by atoms with van der Waals surface area (Å²) in [5.74, 6) is 0.695. The third-order valence-corrected chi connectivity index (χ3v) is 5.86. The Balaban J connectivity index is 2.06. The topological polar surface area (TPSA) is 9.23 Å². The predicted molar refractivity (Wildman–Crippen MR) is 108 cm³/mol. The van der Waals surface area contributed by atoms with Gasteiger partial charge in [-0.25, -0.2) is 4.39 Å². The standard InChI is InChI=1S/C24H29FO/c1-16(13-17-7-9-18(26-6)10-8-17)19-14-20-21(15-22(19)25)24(4,5)12-11-23(20,2)3/h7-10,13-15H,11-12H2,1-6H3/b16-13+. The summed E-state index contributed by atoms with van der Waals surface area (Å²) < 4.78 is 20.2. The zero-order valence-electron chi connectivity index (χ0n) is 16.7. The largest absolute Gasteiger partial charge is 0.497 e. The van der Waals surface area contributed by atoms with E-state index in [1.807, 2.05) is 37.3 Å². The normalized spacial score (nSPS) is 18.3. The minimum atomic E-state index is -0.128. The molecule has 0 N–H and O–H groups in total. The van der Waals surface area contributed by atoms with E-state index in [0.717, 1.165) is 35.3 Å². The molecule has 0 saturated heterocycles. The quantitative estimate of drug-likeness (QED) is 0.556. The van der Waals surface area contributed by atoms with Crippen LogP contribution in [0.2, 0.25) is 0 Å². The molecule has 26 heavy (non-hydrogen) atoms. The van der Waals surface area contributed by atoms with Gasteiger partial charge >= 0.3 is 0 Å². The van der Waals surface area contributed by atoms with Gasteiger partial charge in [0.05, 0.1) is 7.11 Å². The third-order valence-electron chi connectivity index (χ3n) is 5.86. The van der Waals surface area contributed by atoms with Crippen LogP contribution >= 0.6 is 0 Å². The highest BCUT2D eigenvalue weighted by Gasteiger charge is 2.37. The van der Waals surface area contributed by atoms with Crippen LogP contribution < -0.4 is 4.74 Å². The molecule has 0 heterocycles. The van der Waals surface area contributed by atoms with Gasteiger partial charge in [0.15, 0.2) is 0 Å². The van der Waals surface area contributed by atoms with Gasteiger partial charge in [-0.05, 0) is 77.1 Å². The number of methoxy groups -OCH3 is 1. The molecule has 138 valence electrons. The molecule has 2 heteroatoms. The van der Waals surface area contributed by atoms with Gasteiger partial charge in [-0.15, -0.1) is 0 Å². The maximum Gasteiger partial charge on any atom is 0.131 e. The fourth-order valence-corrected chi connectivity index (χ4v) is 3.92. The molecule has 3 rings (SSSR count). The molecular formula is C24H29FO. The number of fused-ring (bicyclic) bond motifs is 1. The average molecular weight is 352 g/mol. The molecule has 2 aromatic carbocycles. The number of benzene rings is 2. The monoisotopic (exact) mass is 352 g/mol. The van der Waals surface area contributed by atoms with Crippen molar-refractivity contribution in [2.75, 3.05) is 7.11 Å². The molecule has 0 fully saturated rings. The first kappa shape index (κ1) is 18.7. The van der Waals surface area contributed by atoms with Gasteiger partial charge in [-0.3, -0.25) is 0 Å². The van der Waals surface area contributed by atoms with Crippen LogP contribution in [0.4, 0.5) is 4.39 Å². The van der Waals surface area contributed by atoms with E-state index in [1.54, 1.807) is 13.2 Å². The highest BCUT2D eigenvalue weighted by atomic mass is 19.1. The van der Waals surface area contributed by atoms with Crippen molar-refractivity contribution in [1.29, 1.82) is 0 Å². The van der Waals surface area contributed by atoms with E-state index in [1.165, 1.54) is 5.56 Å². The zero-order chi connectivity index (χ0) is 19.1. The molecule has 1 nitrogen and oxygen atoms in total. The summed E-state index contributed by atoms with van der Waals surface area (Å²) in [4.78, 5) is 0. The lowest BCUT2D eigenvalue weighted by atomic mass is 9.63. The highest BCUT2D eigenvalue weighted by molar-refractivity contribution is 5.81. The first-order chi connectivity index (χ1) is 12.1. The number of ether oxygens (including phenoxy) is 1. The molecule has 0 amide bonds. The van der Waals surface area contributed by atoms with Crippen LogP contribution in [0.15, 0.2) is 36.4 Å². The number of halogens is 1. The molecule has 0 atom stereocenters. The average Bonchev–Trinajstić information content (AvgIpc) is 2.59. The van der Waals surface area contributed by atoms with E-state index in [-0.39, 0.29) is 16.6 Å². The Morgan fingerprint density at radius 3 is 2.04 bits per heavy atom. The van der Waals surface area contributed by atoms with Crippen LogP contribution in [0.5, 0.6) is 5.75 Å². The summed E-state index contributed by atoms with van der Waals surface area (Å²) >= 11 is 0. The Bertz CT molecular complexity index is 841. The van der Waals surface area contributed by atoms with Crippen molar-refractivity contribution in [1.82, 2.24) is 0 Å². The molecule has 2 aromatic rings. The summed E-state index contributed by atoms with van der Waals surface area (Å²) in [6, 6.07) is 11.7. The number of rotatable bonds is 3. The second-order valence-corrected chi connectivity index (χ2v) is 8.75. The molecule has 0 aliphatic heterocycles. The Labute approximate surface area is 156 Å². The van der Waals surface area contributed by atoms with Crippen molar-refractivity contribution in [3.05, 3.63) is 64.5 Å². The van der Waals surface area contributed by atoms with Gasteiger partial charge in [-0.1, -0.05) is 45.9 Å². The summed E-state index contributed by atoms with van der Waals surface area (Å²) in [5, 5.41) is 0. The van der Waals surface area contributed by atoms with Gasteiger partial charge in [0.25, 0.3) is 0 Å². The van der Waals surface area contributed by atoms with Crippen molar-refractivity contribution in [3.8, 4) is 5.75 Å². The maximum absolute atomic E-state index is 15.0. The third kappa shape index (κ3) is 3.42. The second-order valence-electron chi connectivity index (χ2n) is 8.75. The van der Waals surface area contributed by atoms with Crippen molar-refractivity contribution >= 4 is 11.6 Å². The molecule has 0 spiro atoms. The smallest absolute Gasteiger partial charge is 0.131 e. The summed E-state index contributed by atoms with van der Waals surface area (Å²) in [7, 11) is 1.65. The Morgan fingerprint density at radius 2 is 1.50 bits per heavy atom. The second kappa shape index (κ2) is 6.57. The summed E-state index contributed by atoms with van der Waals surface area (Å²) in [5.41, 5.74) is 5.23. The van der Waals surface area contributed by atoms with Crippen LogP contribution in [-0.4, -0.2) is 7.11 Å². The molecule has 0 aromatic heterocycles. The highest BCUT2D eigenvalue weighted by Crippen LogP contribution is 2.47. The van der Waals surface area contributed by atoms with Crippen molar-refractivity contribution in [3.63, 3.8) is 0 Å². The molecule has 1 aliphatic carbocycles. The number of hydrogen-bond donors (Lipinski definition) is 0. The van der Waals surface area contributed by atoms with Gasteiger partial charge < -0.3 is 4.74 Å². The van der Waals surface area contributed by atoms with Crippen molar-refractivity contribution < 1.29 is 9.13 Å². The van der Waals surface area contributed by atoms with Gasteiger partial charge in [0.2, 0.25) is 0 Å². The Kier molecular flexibility index (Phi) is 4.72. The molecular weight excluding hydrogens is 323 g/mol. The van der Waals surface area contributed by atoms with E-state index in [9.17, 15) is 4.39 Å². The van der Waals surface area contributed by atoms with Crippen LogP contribution in [0, 0.1) is 5.82 Å². The van der Waals surface area contributed by atoms with E-state index >= 15 is 0 Å². The maximum atomic E-state index is 15.0. The van der Waals surface area contributed by atoms with E-state index in [4.69, 9.17) is 4.74 Å². The lowest BCUT2D eigenvalue weighted by molar-refractivity contribution is 0.330. The van der Waals surface area contributed by atoms with Crippen molar-refractivity contribution in [2.45, 2.75) is 58.3 Å². The summed E-state index contributed by atoms with van der Waals surface area (Å²) in [6.07, 6.45) is 4.25.